The van der Waals surface area contributed by atoms with Crippen molar-refractivity contribution in [2.75, 3.05) is 6.54 Å². The molecule has 2 aliphatic rings. The molecule has 0 aromatic heterocycles. The predicted octanol–water partition coefficient (Wildman–Crippen LogP) is 1.84. The second kappa shape index (κ2) is 6.34. The average Bonchev–Trinajstić information content (AvgIpc) is 2.80. The summed E-state index contributed by atoms with van der Waals surface area (Å²) < 4.78 is 5.95. The van der Waals surface area contributed by atoms with E-state index in [1.54, 1.807) is 4.90 Å². The van der Waals surface area contributed by atoms with Crippen LogP contribution in [0.5, 0.6) is 0 Å². The van der Waals surface area contributed by atoms with Crippen molar-refractivity contribution < 1.29 is 14.3 Å². The Balaban J connectivity index is 2.05. The van der Waals surface area contributed by atoms with Gasteiger partial charge in [-0.1, -0.05) is 19.3 Å². The fourth-order valence-electron chi connectivity index (χ4n) is 3.48. The van der Waals surface area contributed by atoms with E-state index in [-0.39, 0.29) is 23.5 Å². The van der Waals surface area contributed by atoms with Gasteiger partial charge in [0, 0.05) is 18.9 Å². The van der Waals surface area contributed by atoms with Gasteiger partial charge in [-0.2, -0.15) is 0 Å². The molecule has 21 heavy (non-hydrogen) atoms. The van der Waals surface area contributed by atoms with E-state index in [0.717, 1.165) is 25.7 Å². The Hall–Kier alpha value is -1.10. The summed E-state index contributed by atoms with van der Waals surface area (Å²) in [5, 5.41) is 0. The van der Waals surface area contributed by atoms with Crippen molar-refractivity contribution >= 4 is 11.8 Å². The summed E-state index contributed by atoms with van der Waals surface area (Å²) in [6.07, 6.45) is 5.71. The van der Waals surface area contributed by atoms with Gasteiger partial charge in [-0.15, -0.1) is 0 Å². The van der Waals surface area contributed by atoms with Crippen molar-refractivity contribution in [1.82, 2.24) is 4.90 Å². The maximum Gasteiger partial charge on any atom is 0.240 e. The molecule has 0 radical (unpaired) electrons. The van der Waals surface area contributed by atoms with E-state index in [1.807, 2.05) is 20.8 Å². The van der Waals surface area contributed by atoms with E-state index in [4.69, 9.17) is 10.5 Å². The molecule has 5 nitrogen and oxygen atoms in total. The summed E-state index contributed by atoms with van der Waals surface area (Å²) in [6.45, 7) is 6.44. The highest BCUT2D eigenvalue weighted by atomic mass is 16.5. The number of hydrogen-bond donors (Lipinski definition) is 1. The van der Waals surface area contributed by atoms with Gasteiger partial charge in [-0.05, 0) is 33.6 Å². The molecule has 2 amide bonds. The van der Waals surface area contributed by atoms with E-state index < -0.39 is 11.9 Å². The summed E-state index contributed by atoms with van der Waals surface area (Å²) in [4.78, 5) is 26.0. The van der Waals surface area contributed by atoms with Crippen molar-refractivity contribution in [3.8, 4) is 0 Å². The van der Waals surface area contributed by atoms with Crippen LogP contribution in [0.1, 0.15) is 59.3 Å². The lowest BCUT2D eigenvalue weighted by Gasteiger charge is -2.29. The molecule has 2 rings (SSSR count). The molecule has 1 aliphatic heterocycles. The highest BCUT2D eigenvalue weighted by Crippen LogP contribution is 2.30. The van der Waals surface area contributed by atoms with E-state index in [0.29, 0.717) is 13.0 Å². The molecule has 120 valence electrons. The second-order valence-corrected chi connectivity index (χ2v) is 7.33. The predicted molar refractivity (Wildman–Crippen MR) is 80.5 cm³/mol. The van der Waals surface area contributed by atoms with Gasteiger partial charge in [-0.3, -0.25) is 9.59 Å². The molecule has 1 saturated carbocycles. The first kappa shape index (κ1) is 16.3. The quantitative estimate of drug-likeness (QED) is 0.863. The SMILES string of the molecule is CC(C)(C)OC1CC(C(N)=O)N(C(=O)C2CCCCC2)C1. The topological polar surface area (TPSA) is 72.6 Å². The Bertz CT molecular complexity index is 397. The second-order valence-electron chi connectivity index (χ2n) is 7.33. The molecular weight excluding hydrogens is 268 g/mol. The molecule has 0 aromatic rings. The maximum absolute atomic E-state index is 12.7. The van der Waals surface area contributed by atoms with Gasteiger partial charge in [0.05, 0.1) is 11.7 Å². The number of nitrogens with two attached hydrogens (primary N) is 1. The van der Waals surface area contributed by atoms with Gasteiger partial charge in [0.1, 0.15) is 6.04 Å². The fraction of sp³-hybridized carbons (Fsp3) is 0.875. The third-order valence-electron chi connectivity index (χ3n) is 4.35. The average molecular weight is 296 g/mol. The van der Waals surface area contributed by atoms with Crippen LogP contribution < -0.4 is 5.73 Å². The third-order valence-corrected chi connectivity index (χ3v) is 4.35. The van der Waals surface area contributed by atoms with Crippen molar-refractivity contribution in [3.05, 3.63) is 0 Å². The van der Waals surface area contributed by atoms with Crippen molar-refractivity contribution in [1.29, 1.82) is 0 Å². The molecule has 0 spiro atoms. The van der Waals surface area contributed by atoms with Crippen LogP contribution in [0.15, 0.2) is 0 Å². The van der Waals surface area contributed by atoms with Gasteiger partial charge < -0.3 is 15.4 Å². The lowest BCUT2D eigenvalue weighted by molar-refractivity contribution is -0.142. The Kier molecular flexibility index (Phi) is 4.91. The largest absolute Gasteiger partial charge is 0.371 e. The first-order chi connectivity index (χ1) is 9.78. The highest BCUT2D eigenvalue weighted by molar-refractivity contribution is 5.88. The van der Waals surface area contributed by atoms with Crippen LogP contribution in [0.25, 0.3) is 0 Å². The third kappa shape index (κ3) is 4.19. The van der Waals surface area contributed by atoms with Crippen LogP contribution in [0.3, 0.4) is 0 Å². The zero-order valence-electron chi connectivity index (χ0n) is 13.4. The molecule has 0 aromatic carbocycles. The Morgan fingerprint density at radius 1 is 1.14 bits per heavy atom. The summed E-state index contributed by atoms with van der Waals surface area (Å²) in [6, 6.07) is -0.508. The first-order valence-electron chi connectivity index (χ1n) is 8.05. The molecule has 1 heterocycles. The Morgan fingerprint density at radius 3 is 2.29 bits per heavy atom. The Morgan fingerprint density at radius 2 is 1.76 bits per heavy atom. The van der Waals surface area contributed by atoms with Crippen molar-refractivity contribution in [2.24, 2.45) is 11.7 Å². The zero-order valence-corrected chi connectivity index (χ0v) is 13.4. The van der Waals surface area contributed by atoms with E-state index in [9.17, 15) is 9.59 Å². The monoisotopic (exact) mass is 296 g/mol. The number of ether oxygens (including phenoxy) is 1. The standard InChI is InChI=1S/C16H28N2O3/c1-16(2,3)21-12-9-13(14(17)19)18(10-12)15(20)11-7-5-4-6-8-11/h11-13H,4-10H2,1-3H3,(H2,17,19). The molecule has 2 fully saturated rings. The Labute approximate surface area is 127 Å². The minimum absolute atomic E-state index is 0.0639. The zero-order chi connectivity index (χ0) is 15.6. The van der Waals surface area contributed by atoms with Crippen LogP contribution >= 0.6 is 0 Å². The number of primary amides is 1. The molecular formula is C16H28N2O3. The number of hydrogen-bond acceptors (Lipinski definition) is 3. The molecule has 2 unspecified atom stereocenters. The van der Waals surface area contributed by atoms with Crippen molar-refractivity contribution in [3.63, 3.8) is 0 Å². The number of rotatable bonds is 3. The van der Waals surface area contributed by atoms with Crippen LogP contribution in [0.4, 0.5) is 0 Å². The van der Waals surface area contributed by atoms with Crippen LogP contribution in [-0.4, -0.2) is 41.0 Å². The minimum atomic E-state index is -0.508. The van der Waals surface area contributed by atoms with Gasteiger partial charge in [0.2, 0.25) is 11.8 Å². The number of nitrogens with zero attached hydrogens (tertiary/aromatic N) is 1. The summed E-state index contributed by atoms with van der Waals surface area (Å²) in [5.41, 5.74) is 5.21. The number of amides is 2. The van der Waals surface area contributed by atoms with E-state index >= 15 is 0 Å². The van der Waals surface area contributed by atoms with Gasteiger partial charge >= 0.3 is 0 Å². The molecule has 1 aliphatic carbocycles. The highest BCUT2D eigenvalue weighted by Gasteiger charge is 2.42. The lowest BCUT2D eigenvalue weighted by atomic mass is 9.88. The minimum Gasteiger partial charge on any atom is -0.371 e. The molecule has 0 bridgehead atoms. The number of carbonyl (C=O) groups excluding carboxylic acids is 2. The summed E-state index contributed by atoms with van der Waals surface area (Å²) in [5.74, 6) is -0.258. The van der Waals surface area contributed by atoms with E-state index in [1.165, 1.54) is 6.42 Å². The summed E-state index contributed by atoms with van der Waals surface area (Å²) in [7, 11) is 0. The summed E-state index contributed by atoms with van der Waals surface area (Å²) >= 11 is 0. The van der Waals surface area contributed by atoms with Gasteiger partial charge in [0.15, 0.2) is 0 Å². The van der Waals surface area contributed by atoms with Crippen LogP contribution in [0, 0.1) is 5.92 Å². The first-order valence-corrected chi connectivity index (χ1v) is 8.05. The number of likely N-dealkylation sites (tertiary alicyclic amines) is 1. The smallest absolute Gasteiger partial charge is 0.240 e. The van der Waals surface area contributed by atoms with Crippen LogP contribution in [0.2, 0.25) is 0 Å². The fourth-order valence-corrected chi connectivity index (χ4v) is 3.48. The van der Waals surface area contributed by atoms with Gasteiger partial charge in [-0.25, -0.2) is 0 Å². The van der Waals surface area contributed by atoms with Crippen LogP contribution in [-0.2, 0) is 14.3 Å². The normalized spacial score (nSPS) is 27.9. The van der Waals surface area contributed by atoms with Gasteiger partial charge in [0.25, 0.3) is 0 Å². The maximum atomic E-state index is 12.7. The number of carbonyl (C=O) groups is 2. The molecule has 1 saturated heterocycles. The van der Waals surface area contributed by atoms with Crippen molar-refractivity contribution in [2.45, 2.75) is 77.0 Å². The van der Waals surface area contributed by atoms with E-state index in [2.05, 4.69) is 0 Å². The molecule has 5 heteroatoms. The lowest BCUT2D eigenvalue weighted by Crippen LogP contribution is -2.46. The molecule has 2 N–H and O–H groups in total. The molecule has 2 atom stereocenters.